The summed E-state index contributed by atoms with van der Waals surface area (Å²) in [5, 5.41) is 17.9. The van der Waals surface area contributed by atoms with Crippen molar-refractivity contribution in [3.8, 4) is 0 Å². The van der Waals surface area contributed by atoms with E-state index in [0.29, 0.717) is 6.92 Å². The van der Waals surface area contributed by atoms with Crippen molar-refractivity contribution in [2.45, 2.75) is 141 Å². The van der Waals surface area contributed by atoms with Crippen molar-refractivity contribution in [2.24, 2.45) is 23.6 Å². The number of ketones is 2. The van der Waals surface area contributed by atoms with Crippen molar-refractivity contribution in [3.05, 3.63) is 0 Å². The van der Waals surface area contributed by atoms with E-state index in [0.717, 1.165) is 6.92 Å². The molecule has 0 amide bonds. The monoisotopic (exact) mass is 575 g/mol. The maximum absolute atomic E-state index is 11.6. The maximum atomic E-state index is 11.6. The molecule has 0 aliphatic heterocycles. The first-order valence-electron chi connectivity index (χ1n) is 30.5. The molecular formula is C30H53LiO7. The SMILES string of the molecule is [2H]C1([2H])C(C(=O)O)C([2H])([2H])C([2H])([2H])C([2H])([2H])C1([2H])[2H].[2H]C1([2H])C(C(C)=O)C([2H])([2H])C([2H])([2H])C([2H])([2H])C1([2H])[2H].[2H]C1([2H])C([2H])([2H])C([2H])([2H])C([2H])(C(=O)O)C([2H])([2H])C1([2H])[2H].[2H]C1([2H])C([2H])([2H])C([2H])([2H])C([2H])(C(C)=O)C([2H])([2H])C1([2H])[2H].[Li+].[OH-]. The molecular weight excluding hydrogens is 479 g/mol. The summed E-state index contributed by atoms with van der Waals surface area (Å²) < 4.78 is 316. The minimum absolute atomic E-state index is 0. The van der Waals surface area contributed by atoms with Crippen molar-refractivity contribution in [3.63, 3.8) is 0 Å². The largest absolute Gasteiger partial charge is 1.00 e. The van der Waals surface area contributed by atoms with E-state index >= 15 is 0 Å². The van der Waals surface area contributed by atoms with Crippen LogP contribution in [-0.4, -0.2) is 39.2 Å². The Morgan fingerprint density at radius 1 is 0.526 bits per heavy atom. The molecule has 3 N–H and O–H groups in total. The van der Waals surface area contributed by atoms with Gasteiger partial charge < -0.3 is 15.7 Å². The molecule has 0 aromatic heterocycles. The third-order valence-electron chi connectivity index (χ3n) is 3.34. The van der Waals surface area contributed by atoms with Gasteiger partial charge in [-0.25, -0.2) is 0 Å². The molecule has 4 saturated carbocycles. The molecule has 0 unspecified atom stereocenters. The number of rotatable bonds is 4. The van der Waals surface area contributed by atoms with Gasteiger partial charge in [-0.15, -0.1) is 0 Å². The van der Waals surface area contributed by atoms with Crippen LogP contribution in [0.1, 0.15) is 199 Å². The number of hydrogen-bond donors (Lipinski definition) is 2. The Hall–Kier alpha value is -1.16. The summed E-state index contributed by atoms with van der Waals surface area (Å²) >= 11 is 0. The van der Waals surface area contributed by atoms with Crippen LogP contribution >= 0.6 is 0 Å². The van der Waals surface area contributed by atoms with Crippen LogP contribution in [0.2, 0.25) is 0 Å². The van der Waals surface area contributed by atoms with Crippen LogP contribution in [-0.2, 0) is 19.2 Å². The molecule has 0 radical (unpaired) electrons. The molecule has 0 bridgehead atoms. The van der Waals surface area contributed by atoms with Gasteiger partial charge in [-0.2, -0.15) is 0 Å². The Labute approximate surface area is 301 Å². The number of carboxylic acids is 2. The summed E-state index contributed by atoms with van der Waals surface area (Å²) in [7, 11) is 0. The fraction of sp³-hybridized carbons (Fsp3) is 0.867. The second kappa shape index (κ2) is 23.7. The fourth-order valence-corrected chi connectivity index (χ4v) is 1.68. The second-order valence-corrected chi connectivity index (χ2v) is 6.00. The van der Waals surface area contributed by atoms with Crippen LogP contribution in [0.25, 0.3) is 0 Å². The predicted octanol–water partition coefficient (Wildman–Crippen LogP) is 4.44. The number of hydrogen-bond acceptors (Lipinski definition) is 5. The van der Waals surface area contributed by atoms with E-state index in [-0.39, 0.29) is 24.3 Å². The van der Waals surface area contributed by atoms with Gasteiger partial charge in [0.2, 0.25) is 0 Å². The summed E-state index contributed by atoms with van der Waals surface area (Å²) in [6.07, 6.45) is -70.6. The van der Waals surface area contributed by atoms with Gasteiger partial charge in [-0.3, -0.25) is 19.2 Å². The molecule has 4 rings (SSSR count). The molecule has 0 atom stereocenters. The molecule has 0 saturated heterocycles. The molecule has 7 nitrogen and oxygen atoms in total. The average Bonchev–Trinajstić information content (AvgIpc) is 3.19. The van der Waals surface area contributed by atoms with Gasteiger partial charge in [0.25, 0.3) is 0 Å². The van der Waals surface area contributed by atoms with Crippen LogP contribution in [0.5, 0.6) is 0 Å². The quantitative estimate of drug-likeness (QED) is 0.473. The molecule has 0 heterocycles. The van der Waals surface area contributed by atoms with Crippen LogP contribution < -0.4 is 18.9 Å². The van der Waals surface area contributed by atoms with Gasteiger partial charge >= 0.3 is 30.8 Å². The number of carboxylic acid groups (broad SMARTS) is 2. The van der Waals surface area contributed by atoms with Gasteiger partial charge in [-0.1, -0.05) is 76.5 Å². The second-order valence-electron chi connectivity index (χ2n) is 6.00. The topological polar surface area (TPSA) is 139 Å². The van der Waals surface area contributed by atoms with Crippen LogP contribution in [0.15, 0.2) is 0 Å². The molecule has 38 heavy (non-hydrogen) atoms. The van der Waals surface area contributed by atoms with Crippen molar-refractivity contribution in [1.82, 2.24) is 0 Å². The standard InChI is InChI=1S/2C8H14O.2C7H12O2.Li.H2O/c2*1-7(9)8-5-3-2-4-6-8;2*8-7(9)6-4-2-1-3-5-6;;/h2*8H,2-6H2,1H3;2*6H,1-5H2,(H,8,9);;1H2/q;;;;+1;/p-1/i2D2,3D2,4D2,5D2,6D2,8D;2D2,3D2,4D2,5D2,6D2;1D2,2D2,3D2,4D2,5D2,6D;1D2,2D2,3D2,4D2,5D2;;. The van der Waals surface area contributed by atoms with Gasteiger partial charge in [0.1, 0.15) is 11.6 Å². The first kappa shape index (κ1) is 8.01. The number of carbonyl (C=O) groups is 4. The Balaban J connectivity index is 0. The first-order valence-corrected chi connectivity index (χ1v) is 9.50. The Morgan fingerprint density at radius 3 is 1.13 bits per heavy atom. The van der Waals surface area contributed by atoms with Gasteiger partial charge in [0.15, 0.2) is 0 Å². The Kier molecular flexibility index (Phi) is 5.00. The molecule has 0 spiro atoms. The van der Waals surface area contributed by atoms with E-state index in [4.69, 9.17) is 67.8 Å². The summed E-state index contributed by atoms with van der Waals surface area (Å²) in [6, 6.07) is 0. The van der Waals surface area contributed by atoms with E-state index in [1.807, 2.05) is 0 Å². The van der Waals surface area contributed by atoms with Crippen molar-refractivity contribution < 1.29 is 111 Å². The van der Waals surface area contributed by atoms with Crippen LogP contribution in [0, 0.1) is 23.6 Å². The number of Topliss-reactive ketones (excluding diaryl/α,β-unsaturated/α-hetero) is 2. The Morgan fingerprint density at radius 2 is 0.842 bits per heavy atom. The van der Waals surface area contributed by atoms with Crippen molar-refractivity contribution in [2.75, 3.05) is 0 Å². The van der Waals surface area contributed by atoms with E-state index in [1.54, 1.807) is 0 Å². The van der Waals surface area contributed by atoms with Gasteiger partial charge in [-0.05, 0) is 64.8 Å². The smallest absolute Gasteiger partial charge is 0.870 e. The average molecular weight is 575 g/mol. The zero-order valence-corrected chi connectivity index (χ0v) is 20.1. The van der Waals surface area contributed by atoms with Crippen molar-refractivity contribution in [1.29, 1.82) is 0 Å². The van der Waals surface area contributed by atoms with E-state index < -0.39 is 175 Å². The molecule has 4 aliphatic carbocycles. The van der Waals surface area contributed by atoms with Crippen LogP contribution in [0.4, 0.5) is 0 Å². The molecule has 0 aromatic carbocycles. The predicted molar refractivity (Wildman–Crippen MR) is 145 cm³/mol. The van der Waals surface area contributed by atoms with E-state index in [9.17, 15) is 19.2 Å². The van der Waals surface area contributed by atoms with Gasteiger partial charge in [0, 0.05) is 69.4 Å². The van der Waals surface area contributed by atoms with E-state index in [2.05, 4.69) is 0 Å². The summed E-state index contributed by atoms with van der Waals surface area (Å²) in [4.78, 5) is 45.3. The number of carbonyl (C=O) groups excluding carboxylic acids is 2. The molecule has 8 heteroatoms. The minimum atomic E-state index is -3.86. The summed E-state index contributed by atoms with van der Waals surface area (Å²) in [5.74, 6) is -19.1. The van der Waals surface area contributed by atoms with E-state index in [1.165, 1.54) is 0 Å². The molecule has 4 fully saturated rings. The zero-order chi connectivity index (χ0) is 64.5. The zero-order valence-electron chi connectivity index (χ0n) is 62.1. The molecule has 4 aliphatic rings. The third kappa shape index (κ3) is 18.2. The first-order chi connectivity index (χ1) is 33.0. The molecule has 0 aromatic rings. The van der Waals surface area contributed by atoms with Crippen LogP contribution in [0.3, 0.4) is 0 Å². The van der Waals surface area contributed by atoms with Crippen molar-refractivity contribution >= 4 is 23.5 Å². The minimum Gasteiger partial charge on any atom is -0.870 e. The molecule has 216 valence electrons. The van der Waals surface area contributed by atoms with Gasteiger partial charge in [0.05, 0.1) is 11.8 Å². The third-order valence-corrected chi connectivity index (χ3v) is 3.34. The Bertz CT molecular complexity index is 2110. The normalized spacial score (nSPS) is 65.2. The maximum Gasteiger partial charge on any atom is 1.00 e. The number of aliphatic carboxylic acids is 2. The fourth-order valence-electron chi connectivity index (χ4n) is 1.68. The summed E-state index contributed by atoms with van der Waals surface area (Å²) in [5.41, 5.74) is 0. The summed E-state index contributed by atoms with van der Waals surface area (Å²) in [6.45, 7) is 1.50.